The van der Waals surface area contributed by atoms with Gasteiger partial charge in [0.1, 0.15) is 5.69 Å². The summed E-state index contributed by atoms with van der Waals surface area (Å²) in [6, 6.07) is 2.77. The Hall–Kier alpha value is -1.82. The fourth-order valence-electron chi connectivity index (χ4n) is 4.15. The van der Waals surface area contributed by atoms with Gasteiger partial charge in [-0.1, -0.05) is 11.6 Å². The van der Waals surface area contributed by atoms with Crippen LogP contribution in [0.2, 0.25) is 5.02 Å². The van der Waals surface area contributed by atoms with Crippen molar-refractivity contribution < 1.29 is 4.79 Å². The van der Waals surface area contributed by atoms with Crippen LogP contribution in [0.25, 0.3) is 0 Å². The van der Waals surface area contributed by atoms with Crippen molar-refractivity contribution in [3.05, 3.63) is 34.9 Å². The van der Waals surface area contributed by atoms with E-state index in [0.29, 0.717) is 16.8 Å². The third kappa shape index (κ3) is 2.45. The first-order valence-corrected chi connectivity index (χ1v) is 8.43. The molecule has 2 aliphatic rings. The van der Waals surface area contributed by atoms with Gasteiger partial charge in [-0.3, -0.25) is 14.2 Å². The third-order valence-electron chi connectivity index (χ3n) is 5.11. The molecular weight excluding hydrogens is 314 g/mol. The number of hydrogen-bond donors (Lipinski definition) is 0. The molecule has 0 saturated carbocycles. The standard InChI is InChI=1S/C16H20ClN5O/c1-10-5-15(20(2)19-10)16(23)22-12-3-4-13(22)7-14(6-12)21-9-11(17)8-18-21/h5,8-9,12-14H,3-4,6-7H2,1-2H3. The second kappa shape index (κ2) is 5.37. The molecular formula is C16H20ClN5O. The topological polar surface area (TPSA) is 56.0 Å². The molecule has 0 aliphatic carbocycles. The lowest BCUT2D eigenvalue weighted by Crippen LogP contribution is -2.47. The maximum atomic E-state index is 13.0. The molecule has 2 fully saturated rings. The summed E-state index contributed by atoms with van der Waals surface area (Å²) in [6.07, 6.45) is 7.58. The maximum absolute atomic E-state index is 13.0. The van der Waals surface area contributed by atoms with Crippen LogP contribution in [0.1, 0.15) is 47.9 Å². The van der Waals surface area contributed by atoms with Crippen molar-refractivity contribution in [2.45, 2.75) is 50.7 Å². The Bertz CT molecular complexity index is 737. The largest absolute Gasteiger partial charge is 0.331 e. The van der Waals surface area contributed by atoms with Crippen molar-refractivity contribution in [1.29, 1.82) is 0 Å². The van der Waals surface area contributed by atoms with Crippen molar-refractivity contribution in [3.8, 4) is 0 Å². The smallest absolute Gasteiger partial charge is 0.272 e. The summed E-state index contributed by atoms with van der Waals surface area (Å²) in [4.78, 5) is 15.0. The van der Waals surface area contributed by atoms with Crippen LogP contribution in [0, 0.1) is 6.92 Å². The summed E-state index contributed by atoms with van der Waals surface area (Å²) >= 11 is 5.99. The molecule has 122 valence electrons. The van der Waals surface area contributed by atoms with Crippen molar-refractivity contribution in [1.82, 2.24) is 24.5 Å². The number of halogens is 1. The molecule has 4 rings (SSSR count). The quantitative estimate of drug-likeness (QED) is 0.848. The van der Waals surface area contributed by atoms with Crippen LogP contribution in [-0.2, 0) is 7.05 Å². The summed E-state index contributed by atoms with van der Waals surface area (Å²) in [7, 11) is 1.83. The van der Waals surface area contributed by atoms with Crippen molar-refractivity contribution in [2.75, 3.05) is 0 Å². The third-order valence-corrected chi connectivity index (χ3v) is 5.30. The Morgan fingerprint density at radius 1 is 1.26 bits per heavy atom. The van der Waals surface area contributed by atoms with Crippen molar-refractivity contribution in [2.24, 2.45) is 7.05 Å². The van der Waals surface area contributed by atoms with Gasteiger partial charge in [0, 0.05) is 25.3 Å². The van der Waals surface area contributed by atoms with E-state index in [1.165, 1.54) is 0 Å². The van der Waals surface area contributed by atoms with E-state index in [9.17, 15) is 4.79 Å². The van der Waals surface area contributed by atoms with Gasteiger partial charge in [0.05, 0.1) is 23.0 Å². The monoisotopic (exact) mass is 333 g/mol. The number of carbonyl (C=O) groups excluding carboxylic acids is 1. The number of hydrogen-bond acceptors (Lipinski definition) is 3. The molecule has 4 heterocycles. The van der Waals surface area contributed by atoms with Gasteiger partial charge in [0.2, 0.25) is 0 Å². The van der Waals surface area contributed by atoms with E-state index in [-0.39, 0.29) is 18.0 Å². The minimum absolute atomic E-state index is 0.109. The van der Waals surface area contributed by atoms with E-state index >= 15 is 0 Å². The van der Waals surface area contributed by atoms with Crippen LogP contribution in [0.3, 0.4) is 0 Å². The van der Waals surface area contributed by atoms with Gasteiger partial charge in [-0.05, 0) is 38.7 Å². The number of nitrogens with zero attached hydrogens (tertiary/aromatic N) is 5. The average Bonchev–Trinajstić information content (AvgIpc) is 3.15. The van der Waals surface area contributed by atoms with Crippen LogP contribution < -0.4 is 0 Å². The van der Waals surface area contributed by atoms with E-state index in [2.05, 4.69) is 15.1 Å². The molecule has 2 saturated heterocycles. The fraction of sp³-hybridized carbons (Fsp3) is 0.562. The number of piperidine rings is 1. The van der Waals surface area contributed by atoms with Crippen LogP contribution in [0.5, 0.6) is 0 Å². The molecule has 7 heteroatoms. The molecule has 1 amide bonds. The summed E-state index contributed by atoms with van der Waals surface area (Å²) in [5.41, 5.74) is 1.56. The molecule has 2 bridgehead atoms. The fourth-order valence-corrected chi connectivity index (χ4v) is 4.30. The Kier molecular flexibility index (Phi) is 3.44. The Morgan fingerprint density at radius 3 is 2.48 bits per heavy atom. The van der Waals surface area contributed by atoms with Crippen molar-refractivity contribution in [3.63, 3.8) is 0 Å². The molecule has 6 nitrogen and oxygen atoms in total. The Labute approximate surface area is 140 Å². The highest BCUT2D eigenvalue weighted by Crippen LogP contribution is 2.41. The summed E-state index contributed by atoms with van der Waals surface area (Å²) in [5.74, 6) is 0.109. The lowest BCUT2D eigenvalue weighted by molar-refractivity contribution is 0.0513. The average molecular weight is 334 g/mol. The minimum atomic E-state index is 0.109. The van der Waals surface area contributed by atoms with E-state index in [1.807, 2.05) is 30.9 Å². The highest BCUT2D eigenvalue weighted by molar-refractivity contribution is 6.30. The minimum Gasteiger partial charge on any atom is -0.331 e. The van der Waals surface area contributed by atoms with Crippen LogP contribution in [0.4, 0.5) is 0 Å². The number of amides is 1. The van der Waals surface area contributed by atoms with Crippen LogP contribution in [0.15, 0.2) is 18.5 Å². The molecule has 23 heavy (non-hydrogen) atoms. The van der Waals surface area contributed by atoms with Gasteiger partial charge in [-0.15, -0.1) is 0 Å². The maximum Gasteiger partial charge on any atom is 0.272 e. The van der Waals surface area contributed by atoms with Gasteiger partial charge < -0.3 is 4.90 Å². The van der Waals surface area contributed by atoms with Crippen LogP contribution >= 0.6 is 11.6 Å². The summed E-state index contributed by atoms with van der Waals surface area (Å²) in [5, 5.41) is 9.32. The molecule has 0 N–H and O–H groups in total. The summed E-state index contributed by atoms with van der Waals surface area (Å²) in [6.45, 7) is 1.92. The Morgan fingerprint density at radius 2 is 1.96 bits per heavy atom. The zero-order valence-electron chi connectivity index (χ0n) is 13.3. The predicted molar refractivity (Wildman–Crippen MR) is 86.4 cm³/mol. The lowest BCUT2D eigenvalue weighted by Gasteiger charge is -2.39. The second-order valence-electron chi connectivity index (χ2n) is 6.66. The molecule has 2 aliphatic heterocycles. The van der Waals surface area contributed by atoms with E-state index in [1.54, 1.807) is 10.9 Å². The number of rotatable bonds is 2. The zero-order chi connectivity index (χ0) is 16.1. The molecule has 2 atom stereocenters. The lowest BCUT2D eigenvalue weighted by atomic mass is 9.97. The first-order valence-electron chi connectivity index (χ1n) is 8.06. The number of aryl methyl sites for hydroxylation is 2. The number of carbonyl (C=O) groups is 1. The molecule has 2 unspecified atom stereocenters. The van der Waals surface area contributed by atoms with Gasteiger partial charge in [0.25, 0.3) is 5.91 Å². The molecule has 0 spiro atoms. The number of fused-ring (bicyclic) bond motifs is 2. The number of aromatic nitrogens is 4. The normalized spacial score (nSPS) is 26.7. The molecule has 2 aromatic rings. The van der Waals surface area contributed by atoms with E-state index in [0.717, 1.165) is 31.4 Å². The zero-order valence-corrected chi connectivity index (χ0v) is 14.1. The van der Waals surface area contributed by atoms with E-state index < -0.39 is 0 Å². The van der Waals surface area contributed by atoms with Gasteiger partial charge in [0.15, 0.2) is 0 Å². The molecule has 0 radical (unpaired) electrons. The van der Waals surface area contributed by atoms with Gasteiger partial charge in [-0.25, -0.2) is 0 Å². The highest BCUT2D eigenvalue weighted by atomic mass is 35.5. The van der Waals surface area contributed by atoms with Gasteiger partial charge in [-0.2, -0.15) is 10.2 Å². The highest BCUT2D eigenvalue weighted by Gasteiger charge is 2.44. The molecule has 0 aromatic carbocycles. The van der Waals surface area contributed by atoms with Crippen LogP contribution in [-0.4, -0.2) is 42.5 Å². The van der Waals surface area contributed by atoms with Gasteiger partial charge >= 0.3 is 0 Å². The van der Waals surface area contributed by atoms with Crippen molar-refractivity contribution >= 4 is 17.5 Å². The summed E-state index contributed by atoms with van der Waals surface area (Å²) < 4.78 is 3.65. The first-order chi connectivity index (χ1) is 11.0. The van der Waals surface area contributed by atoms with E-state index in [4.69, 9.17) is 11.6 Å². The first kappa shape index (κ1) is 14.8. The molecule has 2 aromatic heterocycles. The predicted octanol–water partition coefficient (Wildman–Crippen LogP) is 2.59. The SMILES string of the molecule is Cc1cc(C(=O)N2C3CCC2CC(n2cc(Cl)cn2)C3)n(C)n1. The Balaban J connectivity index is 1.57. The second-order valence-corrected chi connectivity index (χ2v) is 7.09.